The summed E-state index contributed by atoms with van der Waals surface area (Å²) >= 11 is 6.85. The number of thiophene rings is 1. The lowest BCUT2D eigenvalue weighted by Gasteiger charge is -2.16. The molecular weight excluding hydrogens is 404 g/mol. The van der Waals surface area contributed by atoms with Gasteiger partial charge in [-0.15, -0.1) is 11.3 Å². The highest BCUT2D eigenvalue weighted by molar-refractivity contribution is 7.18. The summed E-state index contributed by atoms with van der Waals surface area (Å²) in [6.07, 6.45) is -0.866. The van der Waals surface area contributed by atoms with Gasteiger partial charge in [-0.3, -0.25) is 9.59 Å². The second-order valence-electron chi connectivity index (χ2n) is 6.00. The van der Waals surface area contributed by atoms with Gasteiger partial charge in [-0.2, -0.15) is 0 Å². The lowest BCUT2D eigenvalue weighted by atomic mass is 10.1. The minimum absolute atomic E-state index is 0.115. The predicted octanol–water partition coefficient (Wildman–Crippen LogP) is 3.70. The summed E-state index contributed by atoms with van der Waals surface area (Å²) in [5.41, 5.74) is 6.63. The Morgan fingerprint density at radius 1 is 1.29 bits per heavy atom. The Balaban J connectivity index is 2.25. The summed E-state index contributed by atoms with van der Waals surface area (Å²) in [5.74, 6) is -1.30. The van der Waals surface area contributed by atoms with Gasteiger partial charge in [0.25, 0.3) is 11.8 Å². The maximum atomic E-state index is 12.6. The van der Waals surface area contributed by atoms with Gasteiger partial charge in [0.05, 0.1) is 17.0 Å². The molecule has 150 valence electrons. The standard InChI is InChI=1S/C19H21ClN2O5S/c1-5-26-19(25)14-10(3)15(16(21)23)28-18(14)22-17(24)11(4)27-13-7-6-12(20)8-9(13)2/h6-8,11H,5H2,1-4H3,(H2,21,23)(H,22,24). The minimum Gasteiger partial charge on any atom is -0.481 e. The monoisotopic (exact) mass is 424 g/mol. The van der Waals surface area contributed by atoms with E-state index in [9.17, 15) is 14.4 Å². The number of hydrogen-bond donors (Lipinski definition) is 2. The van der Waals surface area contributed by atoms with Crippen LogP contribution in [0.4, 0.5) is 5.00 Å². The highest BCUT2D eigenvalue weighted by atomic mass is 35.5. The van der Waals surface area contributed by atoms with Crippen LogP contribution in [0.2, 0.25) is 5.02 Å². The van der Waals surface area contributed by atoms with Gasteiger partial charge >= 0.3 is 5.97 Å². The van der Waals surface area contributed by atoms with Crippen molar-refractivity contribution in [3.63, 3.8) is 0 Å². The second kappa shape index (κ2) is 9.07. The van der Waals surface area contributed by atoms with E-state index in [-0.39, 0.29) is 22.0 Å². The molecule has 2 amide bonds. The zero-order valence-corrected chi connectivity index (χ0v) is 17.5. The van der Waals surface area contributed by atoms with Gasteiger partial charge in [0, 0.05) is 5.02 Å². The van der Waals surface area contributed by atoms with Crippen molar-refractivity contribution in [2.24, 2.45) is 5.73 Å². The first kappa shape index (κ1) is 21.7. The molecule has 0 spiro atoms. The first-order valence-corrected chi connectivity index (χ1v) is 9.69. The first-order chi connectivity index (χ1) is 13.1. The number of ether oxygens (including phenoxy) is 2. The number of hydrogen-bond acceptors (Lipinski definition) is 6. The number of nitrogens with one attached hydrogen (secondary N) is 1. The molecule has 1 aromatic heterocycles. The third kappa shape index (κ3) is 4.82. The van der Waals surface area contributed by atoms with Crippen LogP contribution in [0.1, 0.15) is 45.0 Å². The van der Waals surface area contributed by atoms with Crippen molar-refractivity contribution in [1.82, 2.24) is 0 Å². The Kier molecular flexibility index (Phi) is 7.04. The van der Waals surface area contributed by atoms with Gasteiger partial charge in [-0.05, 0) is 57.0 Å². The van der Waals surface area contributed by atoms with Crippen LogP contribution >= 0.6 is 22.9 Å². The Labute approximate surface area is 171 Å². The van der Waals surface area contributed by atoms with Crippen molar-refractivity contribution in [2.75, 3.05) is 11.9 Å². The van der Waals surface area contributed by atoms with E-state index in [1.54, 1.807) is 39.0 Å². The van der Waals surface area contributed by atoms with Gasteiger partial charge < -0.3 is 20.5 Å². The summed E-state index contributed by atoms with van der Waals surface area (Å²) < 4.78 is 10.7. The maximum Gasteiger partial charge on any atom is 0.341 e. The van der Waals surface area contributed by atoms with E-state index >= 15 is 0 Å². The number of benzene rings is 1. The maximum absolute atomic E-state index is 12.6. The van der Waals surface area contributed by atoms with Crippen molar-refractivity contribution in [3.05, 3.63) is 44.8 Å². The predicted molar refractivity (Wildman–Crippen MR) is 108 cm³/mol. The number of carbonyl (C=O) groups excluding carboxylic acids is 3. The number of carbonyl (C=O) groups is 3. The van der Waals surface area contributed by atoms with E-state index in [0.717, 1.165) is 16.9 Å². The molecule has 0 fully saturated rings. The summed E-state index contributed by atoms with van der Waals surface area (Å²) in [4.78, 5) is 36.7. The van der Waals surface area contributed by atoms with E-state index in [1.807, 2.05) is 6.92 Å². The Morgan fingerprint density at radius 3 is 2.54 bits per heavy atom. The molecule has 0 aliphatic heterocycles. The molecule has 0 saturated carbocycles. The van der Waals surface area contributed by atoms with Crippen molar-refractivity contribution in [2.45, 2.75) is 33.8 Å². The third-order valence-electron chi connectivity index (χ3n) is 3.90. The van der Waals surface area contributed by atoms with Crippen molar-refractivity contribution < 1.29 is 23.9 Å². The van der Waals surface area contributed by atoms with Gasteiger partial charge in [-0.25, -0.2) is 4.79 Å². The molecule has 1 aromatic carbocycles. The van der Waals surface area contributed by atoms with Gasteiger partial charge in [0.2, 0.25) is 0 Å². The largest absolute Gasteiger partial charge is 0.481 e. The molecule has 1 unspecified atom stereocenters. The highest BCUT2D eigenvalue weighted by Gasteiger charge is 2.27. The van der Waals surface area contributed by atoms with Crippen LogP contribution in [0.3, 0.4) is 0 Å². The highest BCUT2D eigenvalue weighted by Crippen LogP contribution is 2.34. The van der Waals surface area contributed by atoms with E-state index in [4.69, 9.17) is 26.8 Å². The number of aryl methyl sites for hydroxylation is 1. The van der Waals surface area contributed by atoms with Gasteiger partial charge in [0.15, 0.2) is 6.10 Å². The van der Waals surface area contributed by atoms with E-state index in [2.05, 4.69) is 5.32 Å². The van der Waals surface area contributed by atoms with Crippen molar-refractivity contribution >= 4 is 45.7 Å². The molecule has 0 bridgehead atoms. The van der Waals surface area contributed by atoms with E-state index in [0.29, 0.717) is 16.3 Å². The van der Waals surface area contributed by atoms with E-state index < -0.39 is 23.9 Å². The summed E-state index contributed by atoms with van der Waals surface area (Å²) in [7, 11) is 0. The summed E-state index contributed by atoms with van der Waals surface area (Å²) in [6, 6.07) is 5.06. The average Bonchev–Trinajstić information content (AvgIpc) is 2.93. The molecule has 1 heterocycles. The molecule has 0 aliphatic carbocycles. The smallest absolute Gasteiger partial charge is 0.341 e. The number of anilines is 1. The molecule has 9 heteroatoms. The van der Waals surface area contributed by atoms with Crippen LogP contribution in [0.5, 0.6) is 5.75 Å². The Morgan fingerprint density at radius 2 is 1.96 bits per heavy atom. The lowest BCUT2D eigenvalue weighted by molar-refractivity contribution is -0.122. The van der Waals surface area contributed by atoms with Crippen molar-refractivity contribution in [1.29, 1.82) is 0 Å². The molecular formula is C19H21ClN2O5S. The molecule has 0 radical (unpaired) electrons. The van der Waals surface area contributed by atoms with Gasteiger partial charge in [0.1, 0.15) is 10.8 Å². The number of amides is 2. The Hall–Kier alpha value is -2.58. The third-order valence-corrected chi connectivity index (χ3v) is 5.35. The number of nitrogens with two attached hydrogens (primary N) is 1. The minimum atomic E-state index is -0.866. The van der Waals surface area contributed by atoms with Crippen molar-refractivity contribution in [3.8, 4) is 5.75 Å². The number of primary amides is 1. The number of halogens is 1. The van der Waals surface area contributed by atoms with Crippen LogP contribution in [0.15, 0.2) is 18.2 Å². The molecule has 0 aliphatic rings. The second-order valence-corrected chi connectivity index (χ2v) is 7.46. The summed E-state index contributed by atoms with van der Waals surface area (Å²) in [6.45, 7) is 6.78. The molecule has 7 nitrogen and oxygen atoms in total. The topological polar surface area (TPSA) is 108 Å². The van der Waals surface area contributed by atoms with E-state index in [1.165, 1.54) is 0 Å². The fraction of sp³-hybridized carbons (Fsp3) is 0.316. The quantitative estimate of drug-likeness (QED) is 0.659. The normalized spacial score (nSPS) is 11.6. The SMILES string of the molecule is CCOC(=O)c1c(NC(=O)C(C)Oc2ccc(Cl)cc2C)sc(C(N)=O)c1C. The zero-order chi connectivity index (χ0) is 21.0. The molecule has 0 saturated heterocycles. The molecule has 2 rings (SSSR count). The van der Waals surface area contributed by atoms with Crippen LogP contribution in [-0.2, 0) is 9.53 Å². The fourth-order valence-electron chi connectivity index (χ4n) is 2.49. The summed E-state index contributed by atoms with van der Waals surface area (Å²) in [5, 5.41) is 3.39. The lowest BCUT2D eigenvalue weighted by Crippen LogP contribution is -2.30. The first-order valence-electron chi connectivity index (χ1n) is 8.49. The van der Waals surface area contributed by atoms with Crippen LogP contribution in [-0.4, -0.2) is 30.5 Å². The molecule has 3 N–H and O–H groups in total. The molecule has 28 heavy (non-hydrogen) atoms. The van der Waals surface area contributed by atoms with Crippen LogP contribution in [0.25, 0.3) is 0 Å². The number of esters is 1. The zero-order valence-electron chi connectivity index (χ0n) is 15.9. The van der Waals surface area contributed by atoms with Crippen LogP contribution in [0, 0.1) is 13.8 Å². The fourth-order valence-corrected chi connectivity index (χ4v) is 3.76. The number of rotatable bonds is 7. The van der Waals surface area contributed by atoms with Gasteiger partial charge in [-0.1, -0.05) is 11.6 Å². The molecule has 1 atom stereocenters. The Bertz CT molecular complexity index is 925. The van der Waals surface area contributed by atoms with Crippen LogP contribution < -0.4 is 15.8 Å². The average molecular weight is 425 g/mol. The molecule has 2 aromatic rings.